The number of thiazole rings is 1. The van der Waals surface area contributed by atoms with Gasteiger partial charge in [0.25, 0.3) is 0 Å². The summed E-state index contributed by atoms with van der Waals surface area (Å²) in [6, 6.07) is 2.24. The van der Waals surface area contributed by atoms with Crippen LogP contribution in [0, 0.1) is 0 Å². The Labute approximate surface area is 138 Å². The van der Waals surface area contributed by atoms with Crippen LogP contribution in [0.5, 0.6) is 0 Å². The van der Waals surface area contributed by atoms with Crippen molar-refractivity contribution in [2.24, 2.45) is 4.40 Å². The van der Waals surface area contributed by atoms with Crippen LogP contribution in [0.2, 0.25) is 0 Å². The number of nitrogens with zero attached hydrogens (tertiary/aromatic N) is 3. The molecule has 0 aliphatic rings. The zero-order chi connectivity index (χ0) is 17.3. The Hall–Kier alpha value is -1.45. The lowest BCUT2D eigenvalue weighted by molar-refractivity contribution is -0.141. The maximum absolute atomic E-state index is 12.5. The van der Waals surface area contributed by atoms with E-state index in [9.17, 15) is 17.7 Å². The van der Waals surface area contributed by atoms with Gasteiger partial charge in [-0.25, -0.2) is 4.98 Å². The number of hydrogen-bond acceptors (Lipinski definition) is 5. The molecule has 0 aromatic carbocycles. The van der Waals surface area contributed by atoms with Gasteiger partial charge in [0.05, 0.1) is 11.1 Å². The molecule has 2 aromatic rings. The largest absolute Gasteiger partial charge is 0.591 e. The Kier molecular flexibility index (Phi) is 5.12. The first-order valence-electron chi connectivity index (χ1n) is 6.53. The van der Waals surface area contributed by atoms with Gasteiger partial charge in [-0.15, -0.1) is 11.3 Å². The summed E-state index contributed by atoms with van der Waals surface area (Å²) < 4.78 is 52.8. The third-order valence-corrected chi connectivity index (χ3v) is 4.95. The SMILES string of the molecule is CC(C)(C)[S+]([O-])/N=C/c1cnc(-c2ccc(C(F)(F)F)nc2)s1. The van der Waals surface area contributed by atoms with E-state index < -0.39 is 28.0 Å². The number of halogens is 3. The summed E-state index contributed by atoms with van der Waals surface area (Å²) in [5.74, 6) is 0. The van der Waals surface area contributed by atoms with Crippen LogP contribution in [-0.2, 0) is 17.5 Å². The predicted molar refractivity (Wildman–Crippen MR) is 85.8 cm³/mol. The van der Waals surface area contributed by atoms with E-state index in [1.54, 1.807) is 0 Å². The van der Waals surface area contributed by atoms with Gasteiger partial charge in [-0.05, 0) is 32.9 Å². The first-order chi connectivity index (χ1) is 10.6. The minimum Gasteiger partial charge on any atom is -0.591 e. The molecule has 23 heavy (non-hydrogen) atoms. The van der Waals surface area contributed by atoms with Crippen LogP contribution < -0.4 is 0 Å². The molecule has 0 aliphatic carbocycles. The second kappa shape index (κ2) is 6.58. The predicted octanol–water partition coefficient (Wildman–Crippen LogP) is 4.11. The van der Waals surface area contributed by atoms with Crippen LogP contribution in [0.4, 0.5) is 13.2 Å². The highest BCUT2D eigenvalue weighted by Crippen LogP contribution is 2.30. The van der Waals surface area contributed by atoms with Gasteiger partial charge in [-0.2, -0.15) is 13.2 Å². The molecule has 9 heteroatoms. The number of alkyl halides is 3. The average Bonchev–Trinajstić information content (AvgIpc) is 2.91. The van der Waals surface area contributed by atoms with E-state index in [0.29, 0.717) is 15.4 Å². The van der Waals surface area contributed by atoms with Crippen molar-refractivity contribution in [1.29, 1.82) is 0 Å². The van der Waals surface area contributed by atoms with E-state index >= 15 is 0 Å². The number of rotatable bonds is 3. The summed E-state index contributed by atoms with van der Waals surface area (Å²) in [6.07, 6.45) is -0.340. The van der Waals surface area contributed by atoms with E-state index in [1.165, 1.54) is 29.8 Å². The molecule has 0 fully saturated rings. The molecule has 0 radical (unpaired) electrons. The smallest absolute Gasteiger partial charge is 0.433 e. The lowest BCUT2D eigenvalue weighted by Gasteiger charge is -2.17. The van der Waals surface area contributed by atoms with Crippen LogP contribution in [0.25, 0.3) is 10.6 Å². The van der Waals surface area contributed by atoms with E-state index in [-0.39, 0.29) is 0 Å². The first kappa shape index (κ1) is 17.9. The van der Waals surface area contributed by atoms with Crippen molar-refractivity contribution in [3.05, 3.63) is 35.1 Å². The third kappa shape index (κ3) is 4.76. The van der Waals surface area contributed by atoms with Crippen molar-refractivity contribution in [3.63, 3.8) is 0 Å². The van der Waals surface area contributed by atoms with Crippen molar-refractivity contribution in [1.82, 2.24) is 9.97 Å². The molecule has 1 unspecified atom stereocenters. The van der Waals surface area contributed by atoms with E-state index in [1.807, 2.05) is 20.8 Å². The number of aromatic nitrogens is 2. The maximum Gasteiger partial charge on any atom is 0.433 e. The van der Waals surface area contributed by atoms with Gasteiger partial charge in [0.15, 0.2) is 0 Å². The van der Waals surface area contributed by atoms with Gasteiger partial charge >= 0.3 is 6.18 Å². The van der Waals surface area contributed by atoms with Crippen LogP contribution in [0.1, 0.15) is 31.3 Å². The van der Waals surface area contributed by atoms with Crippen LogP contribution in [0.15, 0.2) is 28.9 Å². The molecular weight excluding hydrogens is 347 g/mol. The van der Waals surface area contributed by atoms with Crippen LogP contribution in [-0.4, -0.2) is 25.5 Å². The molecule has 1 atom stereocenters. The molecule has 2 rings (SSSR count). The summed E-state index contributed by atoms with van der Waals surface area (Å²) in [4.78, 5) is 8.19. The zero-order valence-electron chi connectivity index (χ0n) is 12.6. The Morgan fingerprint density at radius 2 is 1.87 bits per heavy atom. The quantitative estimate of drug-likeness (QED) is 0.611. The molecule has 0 N–H and O–H groups in total. The number of hydrogen-bond donors (Lipinski definition) is 0. The van der Waals surface area contributed by atoms with Crippen molar-refractivity contribution >= 4 is 28.9 Å². The van der Waals surface area contributed by atoms with E-state index in [2.05, 4.69) is 14.4 Å². The highest BCUT2D eigenvalue weighted by Gasteiger charge is 2.32. The summed E-state index contributed by atoms with van der Waals surface area (Å²) >= 11 is -0.139. The fourth-order valence-corrected chi connectivity index (χ4v) is 2.80. The lowest BCUT2D eigenvalue weighted by Crippen LogP contribution is -2.25. The summed E-state index contributed by atoms with van der Waals surface area (Å²) in [6.45, 7) is 5.44. The molecule has 2 aromatic heterocycles. The van der Waals surface area contributed by atoms with Gasteiger partial charge < -0.3 is 4.55 Å². The summed E-state index contributed by atoms with van der Waals surface area (Å²) in [5, 5.41) is 0.522. The van der Waals surface area contributed by atoms with Gasteiger partial charge in [0.2, 0.25) is 0 Å². The molecule has 0 aliphatic heterocycles. The molecule has 124 valence electrons. The minimum atomic E-state index is -4.46. The normalized spacial score (nSPS) is 14.4. The molecule has 0 saturated carbocycles. The standard InChI is InChI=1S/C14H14F3N3OS2/c1-13(2,3)23(21)20-8-10-7-19-12(22-10)9-4-5-11(18-6-9)14(15,16)17/h4-8H,1-3H3/b20-8+. The van der Waals surface area contributed by atoms with E-state index in [4.69, 9.17) is 0 Å². The average molecular weight is 361 g/mol. The van der Waals surface area contributed by atoms with Gasteiger partial charge in [0, 0.05) is 18.0 Å². The second-order valence-corrected chi connectivity index (χ2v) is 8.59. The van der Waals surface area contributed by atoms with Crippen LogP contribution in [0.3, 0.4) is 0 Å². The maximum atomic E-state index is 12.5. The summed E-state index contributed by atoms with van der Waals surface area (Å²) in [5.41, 5.74) is -0.459. The van der Waals surface area contributed by atoms with Gasteiger partial charge in [0.1, 0.15) is 26.8 Å². The Bertz CT molecular complexity index is 691. The van der Waals surface area contributed by atoms with Crippen molar-refractivity contribution in [2.45, 2.75) is 31.7 Å². The minimum absolute atomic E-state index is 0.457. The molecule has 2 heterocycles. The first-order valence-corrected chi connectivity index (χ1v) is 8.45. The van der Waals surface area contributed by atoms with Crippen molar-refractivity contribution < 1.29 is 17.7 Å². The molecule has 0 amide bonds. The fraction of sp³-hybridized carbons (Fsp3) is 0.357. The second-order valence-electron chi connectivity index (χ2n) is 5.59. The highest BCUT2D eigenvalue weighted by atomic mass is 32.2. The van der Waals surface area contributed by atoms with E-state index in [0.717, 1.165) is 12.3 Å². The van der Waals surface area contributed by atoms with Crippen molar-refractivity contribution in [2.75, 3.05) is 0 Å². The Balaban J connectivity index is 2.15. The summed E-state index contributed by atoms with van der Waals surface area (Å²) in [7, 11) is 0. The Morgan fingerprint density at radius 3 is 2.39 bits per heavy atom. The molecule has 0 saturated heterocycles. The lowest BCUT2D eigenvalue weighted by atomic mass is 10.2. The molecule has 0 spiro atoms. The highest BCUT2D eigenvalue weighted by molar-refractivity contribution is 7.91. The molecule has 4 nitrogen and oxygen atoms in total. The van der Waals surface area contributed by atoms with Crippen LogP contribution >= 0.6 is 11.3 Å². The van der Waals surface area contributed by atoms with Gasteiger partial charge in [-0.1, -0.05) is 4.40 Å². The third-order valence-electron chi connectivity index (χ3n) is 2.62. The molecular formula is C14H14F3N3OS2. The monoisotopic (exact) mass is 361 g/mol. The molecule has 0 bridgehead atoms. The van der Waals surface area contributed by atoms with Crippen molar-refractivity contribution in [3.8, 4) is 10.6 Å². The topological polar surface area (TPSA) is 61.2 Å². The fourth-order valence-electron chi connectivity index (χ4n) is 1.43. The number of pyridine rings is 1. The zero-order valence-corrected chi connectivity index (χ0v) is 14.2. The Morgan fingerprint density at radius 1 is 1.17 bits per heavy atom. The van der Waals surface area contributed by atoms with Gasteiger partial charge in [-0.3, -0.25) is 4.98 Å².